The zero-order valence-corrected chi connectivity index (χ0v) is 15.9. The number of aryl methyl sites for hydroxylation is 1. The Morgan fingerprint density at radius 3 is 2.57 bits per heavy atom. The molecule has 0 bridgehead atoms. The molecule has 3 N–H and O–H groups in total. The van der Waals surface area contributed by atoms with Crippen molar-refractivity contribution in [2.75, 3.05) is 5.32 Å². The number of hydrogen-bond acceptors (Lipinski definition) is 3. The zero-order valence-electron chi connectivity index (χ0n) is 15.9. The number of amides is 3. The van der Waals surface area contributed by atoms with E-state index in [-0.39, 0.29) is 36.6 Å². The van der Waals surface area contributed by atoms with E-state index in [9.17, 15) is 14.4 Å². The molecule has 2 aromatic carbocycles. The number of anilines is 1. The van der Waals surface area contributed by atoms with Crippen molar-refractivity contribution in [2.24, 2.45) is 0 Å². The molecule has 0 saturated carbocycles. The van der Waals surface area contributed by atoms with Crippen LogP contribution in [0.3, 0.4) is 0 Å². The second-order valence-electron chi connectivity index (χ2n) is 7.09. The van der Waals surface area contributed by atoms with E-state index in [0.717, 1.165) is 12.8 Å². The van der Waals surface area contributed by atoms with Gasteiger partial charge in [-0.15, -0.1) is 0 Å². The maximum atomic E-state index is 12.4. The monoisotopic (exact) mass is 379 g/mol. The van der Waals surface area contributed by atoms with Gasteiger partial charge in [0.2, 0.25) is 11.8 Å². The van der Waals surface area contributed by atoms with Gasteiger partial charge in [0.05, 0.1) is 11.3 Å². The van der Waals surface area contributed by atoms with Crippen molar-refractivity contribution in [1.29, 1.82) is 0 Å². The van der Waals surface area contributed by atoms with Crippen molar-refractivity contribution in [2.45, 2.75) is 44.7 Å². The van der Waals surface area contributed by atoms with Crippen LogP contribution in [0.1, 0.15) is 42.1 Å². The van der Waals surface area contributed by atoms with Crippen LogP contribution in [0.2, 0.25) is 0 Å². The molecule has 3 amide bonds. The molecule has 0 spiro atoms. The first-order valence-electron chi connectivity index (χ1n) is 9.57. The quantitative estimate of drug-likeness (QED) is 0.691. The summed E-state index contributed by atoms with van der Waals surface area (Å²) in [5.74, 6) is -0.733. The van der Waals surface area contributed by atoms with Crippen molar-refractivity contribution >= 4 is 23.4 Å². The number of hydrogen-bond donors (Lipinski definition) is 3. The fourth-order valence-electron chi connectivity index (χ4n) is 3.24. The van der Waals surface area contributed by atoms with Gasteiger partial charge in [-0.1, -0.05) is 42.5 Å². The summed E-state index contributed by atoms with van der Waals surface area (Å²) in [5, 5.41) is 8.43. The van der Waals surface area contributed by atoms with Crippen molar-refractivity contribution in [1.82, 2.24) is 10.6 Å². The molecule has 3 rings (SSSR count). The van der Waals surface area contributed by atoms with E-state index < -0.39 is 6.04 Å². The van der Waals surface area contributed by atoms with Crippen LogP contribution in [-0.4, -0.2) is 29.8 Å². The Morgan fingerprint density at radius 1 is 1.07 bits per heavy atom. The molecule has 0 radical (unpaired) electrons. The highest BCUT2D eigenvalue weighted by Crippen LogP contribution is 2.19. The van der Waals surface area contributed by atoms with Crippen LogP contribution >= 0.6 is 0 Å². The lowest BCUT2D eigenvalue weighted by molar-refractivity contribution is -0.122. The minimum atomic E-state index is -0.731. The molecule has 2 aromatic rings. The van der Waals surface area contributed by atoms with Gasteiger partial charge in [0, 0.05) is 12.5 Å². The second-order valence-corrected chi connectivity index (χ2v) is 7.09. The fraction of sp³-hybridized carbons (Fsp3) is 0.318. The fourth-order valence-corrected chi connectivity index (χ4v) is 3.24. The van der Waals surface area contributed by atoms with Crippen molar-refractivity contribution < 1.29 is 14.4 Å². The number of benzene rings is 2. The molecule has 28 heavy (non-hydrogen) atoms. The number of fused-ring (bicyclic) bond motifs is 1. The Bertz CT molecular complexity index is 851. The Hall–Kier alpha value is -3.15. The molecule has 1 heterocycles. The highest BCUT2D eigenvalue weighted by atomic mass is 16.2. The average molecular weight is 379 g/mol. The Balaban J connectivity index is 1.46. The largest absolute Gasteiger partial charge is 0.354 e. The highest BCUT2D eigenvalue weighted by Gasteiger charge is 2.27. The normalized spacial score (nSPS) is 17.0. The van der Waals surface area contributed by atoms with E-state index >= 15 is 0 Å². The van der Waals surface area contributed by atoms with Gasteiger partial charge < -0.3 is 16.0 Å². The molecule has 1 aliphatic heterocycles. The number of nitrogens with one attached hydrogen (secondary N) is 3. The van der Waals surface area contributed by atoms with Gasteiger partial charge in [0.25, 0.3) is 5.91 Å². The molecule has 1 unspecified atom stereocenters. The predicted octanol–water partition coefficient (Wildman–Crippen LogP) is 2.65. The summed E-state index contributed by atoms with van der Waals surface area (Å²) < 4.78 is 0. The molecule has 0 saturated heterocycles. The maximum absolute atomic E-state index is 12.4. The van der Waals surface area contributed by atoms with Crippen molar-refractivity contribution in [3.63, 3.8) is 0 Å². The van der Waals surface area contributed by atoms with Crippen molar-refractivity contribution in [3.8, 4) is 0 Å². The number of rotatable bonds is 7. The first kappa shape index (κ1) is 19.6. The SMILES string of the molecule is CC(CCc1ccccc1)NC(=O)CC[C@@H]1NC(=O)c2ccccc2NC1=O. The third-order valence-electron chi connectivity index (χ3n) is 4.83. The topological polar surface area (TPSA) is 87.3 Å². The van der Waals surface area contributed by atoms with Gasteiger partial charge in [0.1, 0.15) is 6.04 Å². The predicted molar refractivity (Wildman–Crippen MR) is 108 cm³/mol. The summed E-state index contributed by atoms with van der Waals surface area (Å²) >= 11 is 0. The second kappa shape index (κ2) is 9.17. The molecular weight excluding hydrogens is 354 g/mol. The Labute approximate surface area is 164 Å². The minimum Gasteiger partial charge on any atom is -0.354 e. The molecule has 0 aromatic heterocycles. The van der Waals surface area contributed by atoms with E-state index in [2.05, 4.69) is 28.1 Å². The Kier molecular flexibility index (Phi) is 6.42. The summed E-state index contributed by atoms with van der Waals surface area (Å²) in [6.45, 7) is 1.97. The molecular formula is C22H25N3O3. The molecule has 0 aliphatic carbocycles. The maximum Gasteiger partial charge on any atom is 0.254 e. The molecule has 6 heteroatoms. The average Bonchev–Trinajstić information content (AvgIpc) is 2.82. The van der Waals surface area contributed by atoms with Crippen LogP contribution in [0.25, 0.3) is 0 Å². The van der Waals surface area contributed by atoms with Gasteiger partial charge in [-0.25, -0.2) is 0 Å². The summed E-state index contributed by atoms with van der Waals surface area (Å²) in [6.07, 6.45) is 2.15. The van der Waals surface area contributed by atoms with Crippen LogP contribution in [0.5, 0.6) is 0 Å². The van der Waals surface area contributed by atoms with Gasteiger partial charge in [-0.2, -0.15) is 0 Å². The Morgan fingerprint density at radius 2 is 1.79 bits per heavy atom. The number of carbonyl (C=O) groups is 3. The van der Waals surface area contributed by atoms with Crippen LogP contribution in [-0.2, 0) is 16.0 Å². The number of carbonyl (C=O) groups excluding carboxylic acids is 3. The van der Waals surface area contributed by atoms with Crippen LogP contribution in [0, 0.1) is 0 Å². The molecule has 2 atom stereocenters. The summed E-state index contributed by atoms with van der Waals surface area (Å²) in [5.41, 5.74) is 2.16. The van der Waals surface area contributed by atoms with Gasteiger partial charge in [-0.05, 0) is 43.9 Å². The minimum absolute atomic E-state index is 0.0366. The molecule has 0 fully saturated rings. The first-order valence-corrected chi connectivity index (χ1v) is 9.57. The van der Waals surface area contributed by atoms with Crippen LogP contribution < -0.4 is 16.0 Å². The lowest BCUT2D eigenvalue weighted by Crippen LogP contribution is -2.42. The zero-order chi connectivity index (χ0) is 19.9. The van der Waals surface area contributed by atoms with E-state index in [4.69, 9.17) is 0 Å². The van der Waals surface area contributed by atoms with E-state index in [1.807, 2.05) is 25.1 Å². The van der Waals surface area contributed by atoms with E-state index in [1.54, 1.807) is 24.3 Å². The first-order chi connectivity index (χ1) is 13.5. The van der Waals surface area contributed by atoms with Gasteiger partial charge in [-0.3, -0.25) is 14.4 Å². The summed E-state index contributed by atoms with van der Waals surface area (Å²) in [7, 11) is 0. The van der Waals surface area contributed by atoms with Gasteiger partial charge >= 0.3 is 0 Å². The third-order valence-corrected chi connectivity index (χ3v) is 4.83. The van der Waals surface area contributed by atoms with Crippen LogP contribution in [0.4, 0.5) is 5.69 Å². The molecule has 146 valence electrons. The molecule has 1 aliphatic rings. The third kappa shape index (κ3) is 5.19. The van der Waals surface area contributed by atoms with Gasteiger partial charge in [0.15, 0.2) is 0 Å². The van der Waals surface area contributed by atoms with Crippen LogP contribution in [0.15, 0.2) is 54.6 Å². The van der Waals surface area contributed by atoms with E-state index in [1.165, 1.54) is 5.56 Å². The summed E-state index contributed by atoms with van der Waals surface area (Å²) in [6, 6.07) is 16.3. The van der Waals surface area contributed by atoms with E-state index in [0.29, 0.717) is 11.3 Å². The smallest absolute Gasteiger partial charge is 0.254 e. The summed E-state index contributed by atoms with van der Waals surface area (Å²) in [4.78, 5) is 36.9. The number of para-hydroxylation sites is 1. The lowest BCUT2D eigenvalue weighted by Gasteiger charge is -2.17. The standard InChI is InChI=1S/C22H25N3O3/c1-15(11-12-16-7-3-2-4-8-16)23-20(26)14-13-19-22(28)24-18-10-6-5-9-17(18)21(27)25-19/h2-10,15,19H,11-14H2,1H3,(H,23,26)(H,24,28)(H,25,27)/t15?,19-/m0/s1. The molecule has 6 nitrogen and oxygen atoms in total. The van der Waals surface area contributed by atoms with Crippen molar-refractivity contribution in [3.05, 3.63) is 65.7 Å². The highest BCUT2D eigenvalue weighted by molar-refractivity contribution is 6.09. The lowest BCUT2D eigenvalue weighted by atomic mass is 10.1.